The lowest BCUT2D eigenvalue weighted by molar-refractivity contribution is -0.384. The summed E-state index contributed by atoms with van der Waals surface area (Å²) < 4.78 is 11.7. The Balaban J connectivity index is 1.97. The molecule has 3 aromatic rings. The lowest BCUT2D eigenvalue weighted by Gasteiger charge is -2.20. The molecule has 0 N–H and O–H groups in total. The number of likely N-dealkylation sites (N-methyl/N-ethyl adjacent to an activating group) is 1. The van der Waals surface area contributed by atoms with E-state index < -0.39 is 4.92 Å². The number of carbonyl (C=O) groups is 1. The van der Waals surface area contributed by atoms with Crippen molar-refractivity contribution in [3.63, 3.8) is 0 Å². The first-order chi connectivity index (χ1) is 15.3. The monoisotopic (exact) mass is 456 g/mol. The molecule has 0 spiro atoms. The predicted molar refractivity (Wildman–Crippen MR) is 126 cm³/mol. The highest BCUT2D eigenvalue weighted by atomic mass is 32.1. The number of thiazole rings is 1. The first kappa shape index (κ1) is 23.2. The lowest BCUT2D eigenvalue weighted by atomic mass is 10.2. The maximum atomic E-state index is 13.1. The van der Waals surface area contributed by atoms with Crippen LogP contribution < -0.4 is 14.4 Å². The summed E-state index contributed by atoms with van der Waals surface area (Å²) >= 11 is 1.34. The van der Waals surface area contributed by atoms with Gasteiger partial charge in [-0.25, -0.2) is 4.98 Å². The van der Waals surface area contributed by atoms with Gasteiger partial charge in [-0.15, -0.1) is 0 Å². The average molecular weight is 457 g/mol. The van der Waals surface area contributed by atoms with Crippen LogP contribution in [0.3, 0.4) is 0 Å². The van der Waals surface area contributed by atoms with Gasteiger partial charge in [-0.1, -0.05) is 23.5 Å². The van der Waals surface area contributed by atoms with Gasteiger partial charge in [0.2, 0.25) is 0 Å². The zero-order chi connectivity index (χ0) is 23.3. The van der Waals surface area contributed by atoms with Crippen molar-refractivity contribution in [1.82, 2.24) is 9.88 Å². The molecule has 2 aromatic carbocycles. The quantitative estimate of drug-likeness (QED) is 0.274. The van der Waals surface area contributed by atoms with Gasteiger partial charge in [0.15, 0.2) is 5.13 Å². The van der Waals surface area contributed by atoms with E-state index in [0.29, 0.717) is 40.8 Å². The highest BCUT2D eigenvalue weighted by Gasteiger charge is 2.21. The number of nitro groups is 1. The van der Waals surface area contributed by atoms with Crippen LogP contribution in [0.4, 0.5) is 10.8 Å². The first-order valence-corrected chi connectivity index (χ1v) is 10.6. The van der Waals surface area contributed by atoms with Gasteiger partial charge in [0.1, 0.15) is 21.7 Å². The molecule has 3 rings (SSSR count). The number of aromatic nitrogens is 1. The van der Waals surface area contributed by atoms with Crippen molar-refractivity contribution in [2.45, 2.75) is 0 Å². The van der Waals surface area contributed by atoms with Crippen LogP contribution >= 0.6 is 11.3 Å². The Morgan fingerprint density at radius 2 is 1.88 bits per heavy atom. The molecule has 0 unspecified atom stereocenters. The second kappa shape index (κ2) is 10.2. The molecule has 0 aliphatic rings. The standard InChI is InChI=1S/C22H24N4O5S/c1-24(2)12-13-25(19(27)11-8-15-6-5-7-16(14-15)26(28)29)22-23-20-17(30-3)9-10-18(31-4)21(20)32-22/h5-11,14H,12-13H2,1-4H3/b11-8+. The Labute approximate surface area is 189 Å². The van der Waals surface area contributed by atoms with Gasteiger partial charge in [-0.05, 0) is 37.9 Å². The second-order valence-corrected chi connectivity index (χ2v) is 8.10. The molecule has 10 heteroatoms. The summed E-state index contributed by atoms with van der Waals surface area (Å²) in [6.45, 7) is 1.04. The minimum absolute atomic E-state index is 0.0329. The minimum Gasteiger partial charge on any atom is -0.495 e. The number of non-ortho nitro benzene ring substituents is 1. The van der Waals surface area contributed by atoms with Crippen LogP contribution in [0, 0.1) is 10.1 Å². The molecule has 1 aromatic heterocycles. The van der Waals surface area contributed by atoms with E-state index in [-0.39, 0.29) is 11.6 Å². The number of nitro benzene ring substituents is 1. The van der Waals surface area contributed by atoms with Gasteiger partial charge < -0.3 is 14.4 Å². The molecular formula is C22H24N4O5S. The smallest absolute Gasteiger partial charge is 0.270 e. The fourth-order valence-electron chi connectivity index (χ4n) is 2.99. The van der Waals surface area contributed by atoms with Crippen molar-refractivity contribution in [3.05, 3.63) is 58.2 Å². The fourth-order valence-corrected chi connectivity index (χ4v) is 4.10. The van der Waals surface area contributed by atoms with Crippen molar-refractivity contribution < 1.29 is 19.2 Å². The molecule has 9 nitrogen and oxygen atoms in total. The number of ether oxygens (including phenoxy) is 2. The molecule has 0 fully saturated rings. The molecule has 0 radical (unpaired) electrons. The Hall–Kier alpha value is -3.50. The maximum Gasteiger partial charge on any atom is 0.270 e. The van der Waals surface area contributed by atoms with Crippen molar-refractivity contribution >= 4 is 44.4 Å². The number of rotatable bonds is 9. The number of methoxy groups -OCH3 is 2. The van der Waals surface area contributed by atoms with E-state index >= 15 is 0 Å². The van der Waals surface area contributed by atoms with Crippen molar-refractivity contribution in [3.8, 4) is 11.5 Å². The molecule has 168 valence electrons. The van der Waals surface area contributed by atoms with E-state index in [1.165, 1.54) is 29.5 Å². The number of hydrogen-bond donors (Lipinski definition) is 0. The summed E-state index contributed by atoms with van der Waals surface area (Å²) in [6.07, 6.45) is 2.96. The third-order valence-corrected chi connectivity index (χ3v) is 5.76. The number of carbonyl (C=O) groups excluding carboxylic acids is 1. The Kier molecular flexibility index (Phi) is 7.39. The van der Waals surface area contributed by atoms with E-state index in [9.17, 15) is 14.9 Å². The third-order valence-electron chi connectivity index (χ3n) is 4.67. The normalized spacial score (nSPS) is 11.3. The van der Waals surface area contributed by atoms with Gasteiger partial charge in [0.25, 0.3) is 11.6 Å². The SMILES string of the molecule is COc1ccc(OC)c2sc(N(CCN(C)C)C(=O)/C=C/c3cccc([N+](=O)[O-])c3)nc12. The molecule has 0 bridgehead atoms. The zero-order valence-corrected chi connectivity index (χ0v) is 19.1. The first-order valence-electron chi connectivity index (χ1n) is 9.74. The number of amides is 1. The molecule has 1 amide bonds. The Bertz CT molecular complexity index is 1120. The van der Waals surface area contributed by atoms with Crippen LogP contribution in [-0.4, -0.2) is 62.1 Å². The van der Waals surface area contributed by atoms with E-state index in [0.717, 1.165) is 4.70 Å². The van der Waals surface area contributed by atoms with E-state index in [1.54, 1.807) is 49.5 Å². The summed E-state index contributed by atoms with van der Waals surface area (Å²) in [5.41, 5.74) is 1.15. The van der Waals surface area contributed by atoms with Gasteiger partial charge >= 0.3 is 0 Å². The minimum atomic E-state index is -0.468. The van der Waals surface area contributed by atoms with Gasteiger partial charge in [-0.3, -0.25) is 19.8 Å². The number of hydrogen-bond acceptors (Lipinski definition) is 8. The zero-order valence-electron chi connectivity index (χ0n) is 18.3. The Morgan fingerprint density at radius 3 is 2.53 bits per heavy atom. The molecule has 1 heterocycles. The molecule has 0 saturated heterocycles. The van der Waals surface area contributed by atoms with Gasteiger partial charge in [0, 0.05) is 31.3 Å². The van der Waals surface area contributed by atoms with Gasteiger partial charge in [-0.2, -0.15) is 0 Å². The summed E-state index contributed by atoms with van der Waals surface area (Å²) in [6, 6.07) is 9.69. The summed E-state index contributed by atoms with van der Waals surface area (Å²) in [4.78, 5) is 31.9. The highest BCUT2D eigenvalue weighted by Crippen LogP contribution is 2.40. The summed E-state index contributed by atoms with van der Waals surface area (Å²) in [7, 11) is 6.99. The molecule has 0 atom stereocenters. The molecule has 0 saturated carbocycles. The van der Waals surface area contributed by atoms with E-state index in [1.807, 2.05) is 19.0 Å². The molecular weight excluding hydrogens is 432 g/mol. The van der Waals surface area contributed by atoms with Crippen molar-refractivity contribution in [2.24, 2.45) is 0 Å². The number of anilines is 1. The van der Waals surface area contributed by atoms with Crippen LogP contribution in [0.2, 0.25) is 0 Å². The summed E-state index contributed by atoms with van der Waals surface area (Å²) in [5.74, 6) is 0.961. The van der Waals surface area contributed by atoms with E-state index in [2.05, 4.69) is 4.98 Å². The maximum absolute atomic E-state index is 13.1. The van der Waals surface area contributed by atoms with Crippen LogP contribution in [0.1, 0.15) is 5.56 Å². The van der Waals surface area contributed by atoms with Crippen LogP contribution in [0.5, 0.6) is 11.5 Å². The van der Waals surface area contributed by atoms with E-state index in [4.69, 9.17) is 9.47 Å². The fraction of sp³-hybridized carbons (Fsp3) is 0.273. The predicted octanol–water partition coefficient (Wildman–Crippen LogP) is 3.83. The molecule has 0 aliphatic heterocycles. The third kappa shape index (κ3) is 5.21. The second-order valence-electron chi connectivity index (χ2n) is 7.12. The van der Waals surface area contributed by atoms with Crippen LogP contribution in [0.15, 0.2) is 42.5 Å². The number of benzene rings is 2. The molecule has 0 aliphatic carbocycles. The highest BCUT2D eigenvalue weighted by molar-refractivity contribution is 7.22. The Morgan fingerprint density at radius 1 is 1.16 bits per heavy atom. The van der Waals surface area contributed by atoms with Crippen molar-refractivity contribution in [1.29, 1.82) is 0 Å². The molecule has 32 heavy (non-hydrogen) atoms. The largest absolute Gasteiger partial charge is 0.495 e. The summed E-state index contributed by atoms with van der Waals surface area (Å²) in [5, 5.41) is 11.5. The van der Waals surface area contributed by atoms with Gasteiger partial charge in [0.05, 0.1) is 19.1 Å². The lowest BCUT2D eigenvalue weighted by Crippen LogP contribution is -2.35. The number of fused-ring (bicyclic) bond motifs is 1. The van der Waals surface area contributed by atoms with Crippen molar-refractivity contribution in [2.75, 3.05) is 46.3 Å². The van der Waals surface area contributed by atoms with Crippen LogP contribution in [-0.2, 0) is 4.79 Å². The van der Waals surface area contributed by atoms with Crippen LogP contribution in [0.25, 0.3) is 16.3 Å². The average Bonchev–Trinajstić information content (AvgIpc) is 3.22. The number of nitrogens with zero attached hydrogens (tertiary/aromatic N) is 4. The topological polar surface area (TPSA) is 98.0 Å².